The quantitative estimate of drug-likeness (QED) is 0.476. The highest BCUT2D eigenvalue weighted by atomic mass is 16.6. The van der Waals surface area contributed by atoms with E-state index in [-0.39, 0.29) is 17.3 Å². The van der Waals surface area contributed by atoms with Gasteiger partial charge in [0, 0.05) is 23.9 Å². The van der Waals surface area contributed by atoms with Crippen LogP contribution in [0.15, 0.2) is 42.5 Å². The smallest absolute Gasteiger partial charge is 0.273 e. The molecule has 2 aromatic carbocycles. The van der Waals surface area contributed by atoms with Gasteiger partial charge in [-0.2, -0.15) is 0 Å². The third-order valence-electron chi connectivity index (χ3n) is 3.93. The summed E-state index contributed by atoms with van der Waals surface area (Å²) in [6, 6.07) is 11.1. The molecule has 0 spiro atoms. The summed E-state index contributed by atoms with van der Waals surface area (Å²) in [5, 5.41) is 13.8. The van der Waals surface area contributed by atoms with Crippen LogP contribution in [0.25, 0.3) is 0 Å². The molecule has 3 N–H and O–H groups in total. The number of nitrogens with zero attached hydrogens (tertiary/aromatic N) is 1. The Kier molecular flexibility index (Phi) is 5.26. The van der Waals surface area contributed by atoms with Crippen LogP contribution >= 0.6 is 0 Å². The lowest BCUT2D eigenvalue weighted by Crippen LogP contribution is -2.46. The van der Waals surface area contributed by atoms with Crippen LogP contribution in [0, 0.1) is 17.0 Å². The van der Waals surface area contributed by atoms with Gasteiger partial charge in [-0.05, 0) is 44.5 Å². The highest BCUT2D eigenvalue weighted by Crippen LogP contribution is 2.33. The van der Waals surface area contributed by atoms with E-state index >= 15 is 0 Å². The zero-order chi connectivity index (χ0) is 18.6. The molecule has 0 saturated heterocycles. The first-order chi connectivity index (χ1) is 11.8. The summed E-state index contributed by atoms with van der Waals surface area (Å²) < 4.78 is 6.01. The Bertz CT molecular complexity index is 789. The number of nitro groups is 1. The third-order valence-corrected chi connectivity index (χ3v) is 3.93. The predicted octanol–water partition coefficient (Wildman–Crippen LogP) is 2.92. The average Bonchev–Trinajstić information content (AvgIpc) is 2.57. The summed E-state index contributed by atoms with van der Waals surface area (Å²) in [7, 11) is 0. The van der Waals surface area contributed by atoms with Crippen molar-refractivity contribution in [2.24, 2.45) is 0 Å². The number of aryl methyl sites for hydroxylation is 1. The van der Waals surface area contributed by atoms with Crippen molar-refractivity contribution in [3.8, 4) is 5.75 Å². The fourth-order valence-corrected chi connectivity index (χ4v) is 2.40. The monoisotopic (exact) mass is 343 g/mol. The SMILES string of the molecule is CCNC(=O)C(C)(Oc1cc([N+](=O)[O-])ccc1C)c1ccc(N)cc1. The van der Waals surface area contributed by atoms with Gasteiger partial charge in [0.15, 0.2) is 0 Å². The number of nitrogens with two attached hydrogens (primary N) is 1. The lowest BCUT2D eigenvalue weighted by molar-refractivity contribution is -0.385. The van der Waals surface area contributed by atoms with E-state index in [0.29, 0.717) is 23.4 Å². The normalized spacial score (nSPS) is 12.9. The van der Waals surface area contributed by atoms with Crippen LogP contribution in [0.5, 0.6) is 5.75 Å². The predicted molar refractivity (Wildman–Crippen MR) is 95.4 cm³/mol. The number of carbonyl (C=O) groups is 1. The van der Waals surface area contributed by atoms with Gasteiger partial charge >= 0.3 is 0 Å². The zero-order valence-electron chi connectivity index (χ0n) is 14.4. The minimum absolute atomic E-state index is 0.101. The van der Waals surface area contributed by atoms with Crippen molar-refractivity contribution in [2.75, 3.05) is 12.3 Å². The van der Waals surface area contributed by atoms with E-state index in [1.54, 1.807) is 51.1 Å². The van der Waals surface area contributed by atoms with Crippen LogP contribution < -0.4 is 15.8 Å². The summed E-state index contributed by atoms with van der Waals surface area (Å²) >= 11 is 0. The number of hydrogen-bond acceptors (Lipinski definition) is 5. The molecule has 0 radical (unpaired) electrons. The van der Waals surface area contributed by atoms with E-state index in [4.69, 9.17) is 10.5 Å². The lowest BCUT2D eigenvalue weighted by atomic mass is 9.94. The van der Waals surface area contributed by atoms with Crippen LogP contribution in [0.4, 0.5) is 11.4 Å². The second-order valence-electron chi connectivity index (χ2n) is 5.82. The second-order valence-corrected chi connectivity index (χ2v) is 5.82. The molecule has 0 fully saturated rings. The highest BCUT2D eigenvalue weighted by molar-refractivity contribution is 5.86. The molecule has 0 aliphatic rings. The Labute approximate surface area is 145 Å². The number of non-ortho nitro benzene ring substituents is 1. The van der Waals surface area contributed by atoms with Crippen molar-refractivity contribution in [1.29, 1.82) is 0 Å². The fraction of sp³-hybridized carbons (Fsp3) is 0.278. The maximum Gasteiger partial charge on any atom is 0.273 e. The molecule has 0 aliphatic heterocycles. The first-order valence-corrected chi connectivity index (χ1v) is 7.86. The number of hydrogen-bond donors (Lipinski definition) is 2. The average molecular weight is 343 g/mol. The largest absolute Gasteiger partial charge is 0.472 e. The Hall–Kier alpha value is -3.09. The first kappa shape index (κ1) is 18.3. The van der Waals surface area contributed by atoms with Crippen LogP contribution in [0.1, 0.15) is 25.0 Å². The standard InChI is InChI=1S/C18H21N3O4/c1-4-20-17(22)18(3,13-6-8-14(19)9-7-13)25-16-11-15(21(23)24)10-5-12(16)2/h5-11H,4,19H2,1-3H3,(H,20,22). The summed E-state index contributed by atoms with van der Waals surface area (Å²) in [6.07, 6.45) is 0. The van der Waals surface area contributed by atoms with Crippen molar-refractivity contribution in [3.05, 3.63) is 63.7 Å². The highest BCUT2D eigenvalue weighted by Gasteiger charge is 2.38. The van der Waals surface area contributed by atoms with E-state index < -0.39 is 10.5 Å². The van der Waals surface area contributed by atoms with E-state index in [9.17, 15) is 14.9 Å². The molecule has 7 nitrogen and oxygen atoms in total. The molecule has 132 valence electrons. The van der Waals surface area contributed by atoms with E-state index in [0.717, 1.165) is 0 Å². The maximum atomic E-state index is 12.7. The van der Waals surface area contributed by atoms with Crippen molar-refractivity contribution < 1.29 is 14.5 Å². The van der Waals surface area contributed by atoms with Crippen LogP contribution in [0.2, 0.25) is 0 Å². The molecule has 0 aliphatic carbocycles. The van der Waals surface area contributed by atoms with Crippen LogP contribution in [0.3, 0.4) is 0 Å². The lowest BCUT2D eigenvalue weighted by Gasteiger charge is -2.30. The summed E-state index contributed by atoms with van der Waals surface area (Å²) in [5.74, 6) is -0.0644. The molecule has 0 aromatic heterocycles. The molecule has 0 saturated carbocycles. The maximum absolute atomic E-state index is 12.7. The number of ether oxygens (including phenoxy) is 1. The molecule has 2 rings (SSSR count). The van der Waals surface area contributed by atoms with Gasteiger partial charge < -0.3 is 15.8 Å². The van der Waals surface area contributed by atoms with Gasteiger partial charge in [-0.1, -0.05) is 12.1 Å². The number of nitrogens with one attached hydrogen (secondary N) is 1. The van der Waals surface area contributed by atoms with Crippen LogP contribution in [-0.4, -0.2) is 17.4 Å². The van der Waals surface area contributed by atoms with Gasteiger partial charge in [-0.15, -0.1) is 0 Å². The number of amides is 1. The third kappa shape index (κ3) is 3.88. The number of benzene rings is 2. The van der Waals surface area contributed by atoms with Crippen LogP contribution in [-0.2, 0) is 10.4 Å². The zero-order valence-corrected chi connectivity index (χ0v) is 14.4. The molecule has 7 heteroatoms. The second kappa shape index (κ2) is 7.21. The molecule has 2 aromatic rings. The Morgan fingerprint density at radius 2 is 1.92 bits per heavy atom. The summed E-state index contributed by atoms with van der Waals surface area (Å²) in [6.45, 7) is 5.63. The molecule has 1 atom stereocenters. The van der Waals surface area contributed by atoms with Crippen molar-refractivity contribution in [3.63, 3.8) is 0 Å². The van der Waals surface area contributed by atoms with Gasteiger partial charge in [0.25, 0.3) is 11.6 Å². The number of rotatable bonds is 6. The molecule has 25 heavy (non-hydrogen) atoms. The molecular weight excluding hydrogens is 322 g/mol. The van der Waals surface area contributed by atoms with Gasteiger partial charge in [-0.25, -0.2) is 0 Å². The van der Waals surface area contributed by atoms with Gasteiger partial charge in [-0.3, -0.25) is 14.9 Å². The number of anilines is 1. The van der Waals surface area contributed by atoms with Gasteiger partial charge in [0.2, 0.25) is 5.60 Å². The van der Waals surface area contributed by atoms with Crippen molar-refractivity contribution in [2.45, 2.75) is 26.4 Å². The first-order valence-electron chi connectivity index (χ1n) is 7.86. The van der Waals surface area contributed by atoms with E-state index in [2.05, 4.69) is 5.32 Å². The Balaban J connectivity index is 2.50. The number of likely N-dealkylation sites (N-methyl/N-ethyl adjacent to an activating group) is 1. The van der Waals surface area contributed by atoms with Crippen molar-refractivity contribution in [1.82, 2.24) is 5.32 Å². The Morgan fingerprint density at radius 3 is 2.48 bits per heavy atom. The molecular formula is C18H21N3O4. The number of nitrogen functional groups attached to an aromatic ring is 1. The van der Waals surface area contributed by atoms with E-state index in [1.165, 1.54) is 12.1 Å². The van der Waals surface area contributed by atoms with Gasteiger partial charge in [0.05, 0.1) is 11.0 Å². The van der Waals surface area contributed by atoms with E-state index in [1.807, 2.05) is 0 Å². The molecule has 1 amide bonds. The minimum atomic E-state index is -1.36. The fourth-order valence-electron chi connectivity index (χ4n) is 2.40. The topological polar surface area (TPSA) is 107 Å². The van der Waals surface area contributed by atoms with Crippen molar-refractivity contribution >= 4 is 17.3 Å². The molecule has 1 unspecified atom stereocenters. The molecule has 0 bridgehead atoms. The number of carbonyl (C=O) groups excluding carboxylic acids is 1. The molecule has 0 heterocycles. The van der Waals surface area contributed by atoms with Gasteiger partial charge in [0.1, 0.15) is 5.75 Å². The Morgan fingerprint density at radius 1 is 1.28 bits per heavy atom. The number of nitro benzene ring substituents is 1. The summed E-state index contributed by atoms with van der Waals surface area (Å²) in [5.41, 5.74) is 6.11. The minimum Gasteiger partial charge on any atom is -0.472 e. The summed E-state index contributed by atoms with van der Waals surface area (Å²) in [4.78, 5) is 23.2.